The molecule has 0 bridgehead atoms. The smallest absolute Gasteiger partial charge is 0.272 e. The maximum atomic E-state index is 13.1. The third kappa shape index (κ3) is 8.38. The van der Waals surface area contributed by atoms with Crippen LogP contribution in [0.5, 0.6) is 0 Å². The molecule has 0 atom stereocenters. The average Bonchev–Trinajstić information content (AvgIpc) is 2.95. The van der Waals surface area contributed by atoms with E-state index in [4.69, 9.17) is 11.6 Å². The minimum atomic E-state index is -0.515. The third-order valence-electron chi connectivity index (χ3n) is 5.69. The quantitative estimate of drug-likeness (QED) is 0.236. The number of carbonyl (C=O) groups excluding carboxylic acids is 3. The van der Waals surface area contributed by atoms with Crippen molar-refractivity contribution in [2.75, 3.05) is 5.32 Å². The lowest BCUT2D eigenvalue weighted by Crippen LogP contribution is -2.30. The molecule has 0 aliphatic carbocycles. The molecule has 0 radical (unpaired) electrons. The second-order valence-electron chi connectivity index (χ2n) is 8.66. The monoisotopic (exact) mass is 541 g/mol. The van der Waals surface area contributed by atoms with Crippen molar-refractivity contribution >= 4 is 41.1 Å². The summed E-state index contributed by atoms with van der Waals surface area (Å²) in [7, 11) is 0. The number of hydrogen-bond donors (Lipinski definition) is 3. The maximum Gasteiger partial charge on any atom is 0.272 e. The van der Waals surface area contributed by atoms with Crippen LogP contribution in [0, 0.1) is 5.82 Å². The lowest BCUT2D eigenvalue weighted by Gasteiger charge is -2.12. The summed E-state index contributed by atoms with van der Waals surface area (Å²) in [6.45, 7) is 0.296. The molecule has 0 aliphatic heterocycles. The fourth-order valence-electron chi connectivity index (χ4n) is 3.62. The van der Waals surface area contributed by atoms with Gasteiger partial charge in [0.1, 0.15) is 11.5 Å². The molecule has 0 fully saturated rings. The molecule has 4 aromatic carbocycles. The summed E-state index contributed by atoms with van der Waals surface area (Å²) in [5.74, 6) is -1.46. The van der Waals surface area contributed by atoms with Crippen molar-refractivity contribution in [1.82, 2.24) is 10.6 Å². The molecule has 0 unspecified atom stereocenters. The van der Waals surface area contributed by atoms with Crippen molar-refractivity contribution < 1.29 is 18.8 Å². The van der Waals surface area contributed by atoms with Gasteiger partial charge in [-0.3, -0.25) is 14.4 Å². The lowest BCUT2D eigenvalue weighted by molar-refractivity contribution is -0.120. The molecule has 8 heteroatoms. The predicted molar refractivity (Wildman–Crippen MR) is 150 cm³/mol. The Balaban J connectivity index is 1.40. The van der Waals surface area contributed by atoms with Crippen LogP contribution in [0.25, 0.3) is 6.08 Å². The van der Waals surface area contributed by atoms with Gasteiger partial charge < -0.3 is 16.0 Å². The number of nitrogens with one attached hydrogen (secondary N) is 3. The number of carbonyl (C=O) groups is 3. The van der Waals surface area contributed by atoms with E-state index in [9.17, 15) is 18.8 Å². The second kappa shape index (κ2) is 13.2. The third-order valence-corrected chi connectivity index (χ3v) is 5.94. The molecule has 3 amide bonds. The summed E-state index contributed by atoms with van der Waals surface area (Å²) >= 11 is 5.97. The first-order valence-electron chi connectivity index (χ1n) is 12.1. The van der Waals surface area contributed by atoms with Crippen molar-refractivity contribution in [2.24, 2.45) is 0 Å². The van der Waals surface area contributed by atoms with E-state index >= 15 is 0 Å². The number of anilines is 1. The zero-order valence-corrected chi connectivity index (χ0v) is 21.5. The van der Waals surface area contributed by atoms with Crippen LogP contribution in [0.3, 0.4) is 0 Å². The van der Waals surface area contributed by atoms with E-state index in [0.29, 0.717) is 28.4 Å². The molecule has 39 heavy (non-hydrogen) atoms. The molecular formula is C31H25ClFN3O3. The Morgan fingerprint density at radius 1 is 0.769 bits per heavy atom. The molecule has 6 nitrogen and oxygen atoms in total. The van der Waals surface area contributed by atoms with Crippen LogP contribution in [-0.2, 0) is 22.6 Å². The number of rotatable bonds is 9. The minimum Gasteiger partial charge on any atom is -0.352 e. The average molecular weight is 542 g/mol. The topological polar surface area (TPSA) is 87.3 Å². The van der Waals surface area contributed by atoms with Crippen molar-refractivity contribution in [3.63, 3.8) is 0 Å². The molecule has 3 N–H and O–H groups in total. The van der Waals surface area contributed by atoms with Crippen LogP contribution in [0.2, 0.25) is 5.02 Å². The number of halogens is 2. The Hall–Kier alpha value is -4.75. The normalized spacial score (nSPS) is 11.0. The SMILES string of the molecule is O=C(Cc1ccc(NC(=O)/C(=C\c2ccc(Cl)cc2)NC(=O)c2ccccc2)cc1)NCc1ccc(F)cc1. The van der Waals surface area contributed by atoms with E-state index in [0.717, 1.165) is 11.1 Å². The fourth-order valence-corrected chi connectivity index (χ4v) is 3.75. The first-order chi connectivity index (χ1) is 18.9. The van der Waals surface area contributed by atoms with Gasteiger partial charge in [0, 0.05) is 22.8 Å². The van der Waals surface area contributed by atoms with E-state index in [2.05, 4.69) is 16.0 Å². The van der Waals surface area contributed by atoms with Crippen LogP contribution in [0.4, 0.5) is 10.1 Å². The van der Waals surface area contributed by atoms with Gasteiger partial charge in [-0.1, -0.05) is 66.2 Å². The molecule has 196 valence electrons. The molecule has 4 aromatic rings. The highest BCUT2D eigenvalue weighted by atomic mass is 35.5. The molecule has 0 heterocycles. The molecule has 0 spiro atoms. The highest BCUT2D eigenvalue weighted by molar-refractivity contribution is 6.30. The summed E-state index contributed by atoms with van der Waals surface area (Å²) in [6.07, 6.45) is 1.70. The van der Waals surface area contributed by atoms with Crippen LogP contribution in [0.15, 0.2) is 109 Å². The molecular weight excluding hydrogens is 517 g/mol. The summed E-state index contributed by atoms with van der Waals surface area (Å²) in [4.78, 5) is 38.2. The van der Waals surface area contributed by atoms with Gasteiger partial charge in [0.2, 0.25) is 5.91 Å². The van der Waals surface area contributed by atoms with E-state index < -0.39 is 11.8 Å². The maximum absolute atomic E-state index is 13.1. The molecule has 0 saturated carbocycles. The predicted octanol–water partition coefficient (Wildman–Crippen LogP) is 5.75. The summed E-state index contributed by atoms with van der Waals surface area (Å²) < 4.78 is 13.0. The van der Waals surface area contributed by atoms with Crippen LogP contribution in [-0.4, -0.2) is 17.7 Å². The molecule has 0 aromatic heterocycles. The summed E-state index contributed by atoms with van der Waals surface area (Å²) in [5.41, 5.74) is 3.18. The van der Waals surface area contributed by atoms with E-state index in [1.165, 1.54) is 12.1 Å². The van der Waals surface area contributed by atoms with Crippen molar-refractivity contribution in [3.8, 4) is 0 Å². The molecule has 0 saturated heterocycles. The van der Waals surface area contributed by atoms with Crippen molar-refractivity contribution in [2.45, 2.75) is 13.0 Å². The second-order valence-corrected chi connectivity index (χ2v) is 9.10. The number of hydrogen-bond acceptors (Lipinski definition) is 3. The van der Waals surface area contributed by atoms with Crippen LogP contribution >= 0.6 is 11.6 Å². The van der Waals surface area contributed by atoms with Gasteiger partial charge in [-0.2, -0.15) is 0 Å². The Morgan fingerprint density at radius 2 is 1.41 bits per heavy atom. The number of benzene rings is 4. The first-order valence-corrected chi connectivity index (χ1v) is 12.5. The summed E-state index contributed by atoms with van der Waals surface area (Å²) in [6, 6.07) is 28.2. The first kappa shape index (κ1) is 27.3. The van der Waals surface area contributed by atoms with Crippen LogP contribution < -0.4 is 16.0 Å². The van der Waals surface area contributed by atoms with Gasteiger partial charge in [-0.15, -0.1) is 0 Å². The van der Waals surface area contributed by atoms with Crippen LogP contribution in [0.1, 0.15) is 27.0 Å². The Morgan fingerprint density at radius 3 is 2.08 bits per heavy atom. The Kier molecular flexibility index (Phi) is 9.21. The van der Waals surface area contributed by atoms with Crippen molar-refractivity contribution in [1.29, 1.82) is 0 Å². The standard InChI is InChI=1S/C31H25ClFN3O3/c32-25-12-6-21(7-13-25)18-28(36-30(38)24-4-2-1-3-5-24)31(39)35-27-16-10-22(11-17-27)19-29(37)34-20-23-8-14-26(33)15-9-23/h1-18H,19-20H2,(H,34,37)(H,35,39)(H,36,38)/b28-18+. The molecule has 0 aliphatic rings. The fraction of sp³-hybridized carbons (Fsp3) is 0.0645. The van der Waals surface area contributed by atoms with E-state index in [-0.39, 0.29) is 23.8 Å². The van der Waals surface area contributed by atoms with E-state index in [1.807, 2.05) is 0 Å². The highest BCUT2D eigenvalue weighted by Crippen LogP contribution is 2.15. The van der Waals surface area contributed by atoms with Crippen molar-refractivity contribution in [3.05, 3.63) is 142 Å². The Labute approximate surface area is 230 Å². The van der Waals surface area contributed by atoms with E-state index in [1.54, 1.807) is 97.1 Å². The highest BCUT2D eigenvalue weighted by Gasteiger charge is 2.15. The van der Waals surface area contributed by atoms with Gasteiger partial charge >= 0.3 is 0 Å². The van der Waals surface area contributed by atoms with Gasteiger partial charge in [0.05, 0.1) is 6.42 Å². The van der Waals surface area contributed by atoms with Gasteiger partial charge in [0.15, 0.2) is 0 Å². The molecule has 4 rings (SSSR count). The Bertz CT molecular complexity index is 1470. The summed E-state index contributed by atoms with van der Waals surface area (Å²) in [5, 5.41) is 8.82. The number of amides is 3. The minimum absolute atomic E-state index is 0.0513. The van der Waals surface area contributed by atoms with Gasteiger partial charge in [-0.25, -0.2) is 4.39 Å². The zero-order chi connectivity index (χ0) is 27.6. The van der Waals surface area contributed by atoms with Gasteiger partial charge in [0.25, 0.3) is 11.8 Å². The zero-order valence-electron chi connectivity index (χ0n) is 20.8. The van der Waals surface area contributed by atoms with Gasteiger partial charge in [-0.05, 0) is 71.3 Å². The largest absolute Gasteiger partial charge is 0.352 e. The lowest BCUT2D eigenvalue weighted by atomic mass is 10.1.